The maximum Gasteiger partial charge on any atom is 0.262 e. The number of nitriles is 3. The van der Waals surface area contributed by atoms with Crippen LogP contribution in [-0.2, 0) is 19.1 Å². The van der Waals surface area contributed by atoms with E-state index in [0.29, 0.717) is 39.0 Å². The lowest BCUT2D eigenvalue weighted by Gasteiger charge is -2.12. The molecule has 10 nitrogen and oxygen atoms in total. The minimum atomic E-state index is -4.22. The molecule has 20 heteroatoms. The van der Waals surface area contributed by atoms with Crippen LogP contribution in [0.2, 0.25) is 15.1 Å². The van der Waals surface area contributed by atoms with Gasteiger partial charge in [-0.3, -0.25) is 4.72 Å². The lowest BCUT2D eigenvalue weighted by atomic mass is 10.0. The maximum absolute atomic E-state index is 14.2. The molecule has 0 saturated heterocycles. The molecule has 7 aromatic carbocycles. The molecule has 0 aliphatic carbocycles. The highest BCUT2D eigenvalue weighted by atomic mass is 35.7. The van der Waals surface area contributed by atoms with Gasteiger partial charge in [0.25, 0.3) is 19.1 Å². The molecule has 0 aliphatic heterocycles. The van der Waals surface area contributed by atoms with Crippen molar-refractivity contribution in [2.75, 3.05) is 16.2 Å². The van der Waals surface area contributed by atoms with Gasteiger partial charge in [0.2, 0.25) is 0 Å². The average molecular weight is 999 g/mol. The molecule has 0 fully saturated rings. The third-order valence-electron chi connectivity index (χ3n) is 8.38. The summed E-state index contributed by atoms with van der Waals surface area (Å²) < 4.78 is 103. The molecule has 0 atom stereocenters. The molecule has 330 valence electrons. The largest absolute Gasteiger partial charge is 0.399 e. The fourth-order valence-corrected chi connectivity index (χ4v) is 7.54. The number of nitrogen functional groups attached to an aromatic ring is 2. The smallest absolute Gasteiger partial charge is 0.262 e. The van der Waals surface area contributed by atoms with Gasteiger partial charge in [-0.15, -0.1) is 0 Å². The van der Waals surface area contributed by atoms with Crippen molar-refractivity contribution in [1.82, 2.24) is 0 Å². The summed E-state index contributed by atoms with van der Waals surface area (Å²) in [5, 5.41) is 26.7. The standard InChI is InChI=1S/C19H11ClF2N2O2S.C12H9F2N.C7H3Cl2NO2S.C7H5ClN2/c20-16-7-6-14(8-13(16)11-23)27(25,26)24-19-9-15(17(21)10-18(19)22)12-4-2-1-3-5-12;13-10-7-11(14)12(15)6-9(10)8-4-2-1-3-5-8;8-7-2-1-6(13(9,11)12)3-5(7)4-10;8-7-2-1-6(10)3-5(7)4-9/h1-10,24H;1-7H,15H2;1-3H;1-3H,10H2. The number of hydrogen-bond acceptors (Lipinski definition) is 9. The fourth-order valence-electron chi connectivity index (χ4n) is 5.20. The van der Waals surface area contributed by atoms with Crippen molar-refractivity contribution >= 4 is 81.6 Å². The zero-order valence-corrected chi connectivity index (χ0v) is 37.4. The van der Waals surface area contributed by atoms with E-state index >= 15 is 0 Å². The van der Waals surface area contributed by atoms with Crippen LogP contribution in [0.5, 0.6) is 0 Å². The fraction of sp³-hybridized carbons (Fsp3) is 0. The van der Waals surface area contributed by atoms with Crippen molar-refractivity contribution in [1.29, 1.82) is 15.8 Å². The molecule has 0 aromatic heterocycles. The van der Waals surface area contributed by atoms with Gasteiger partial charge >= 0.3 is 0 Å². The third-order valence-corrected chi connectivity index (χ3v) is 12.1. The van der Waals surface area contributed by atoms with Crippen LogP contribution in [0.15, 0.2) is 149 Å². The zero-order valence-electron chi connectivity index (χ0n) is 32.7. The lowest BCUT2D eigenvalue weighted by molar-refractivity contribution is 0.584. The maximum atomic E-state index is 14.2. The van der Waals surface area contributed by atoms with Crippen LogP contribution in [0.4, 0.5) is 34.6 Å². The van der Waals surface area contributed by atoms with Crippen molar-refractivity contribution in [2.24, 2.45) is 0 Å². The van der Waals surface area contributed by atoms with Crippen molar-refractivity contribution in [3.63, 3.8) is 0 Å². The highest BCUT2D eigenvalue weighted by Gasteiger charge is 2.20. The summed E-state index contributed by atoms with van der Waals surface area (Å²) in [6, 6.07) is 38.5. The Balaban J connectivity index is 0.000000206. The Kier molecular flexibility index (Phi) is 17.8. The predicted molar refractivity (Wildman–Crippen MR) is 245 cm³/mol. The first-order valence-electron chi connectivity index (χ1n) is 17.8. The van der Waals surface area contributed by atoms with Crippen molar-refractivity contribution < 1.29 is 34.4 Å². The quantitative estimate of drug-likeness (QED) is 0.0822. The second-order valence-corrected chi connectivity index (χ2v) is 18.3. The summed E-state index contributed by atoms with van der Waals surface area (Å²) >= 11 is 17.0. The number of anilines is 3. The number of nitrogens with two attached hydrogens (primary N) is 2. The van der Waals surface area contributed by atoms with Gasteiger partial charge in [-0.05, 0) is 77.9 Å². The normalized spacial score (nSPS) is 10.5. The first kappa shape index (κ1) is 50.8. The van der Waals surface area contributed by atoms with E-state index in [0.717, 1.165) is 24.3 Å². The second kappa shape index (κ2) is 22.7. The molecule has 7 aromatic rings. The van der Waals surface area contributed by atoms with E-state index in [1.165, 1.54) is 30.3 Å². The Labute approximate surface area is 390 Å². The minimum absolute atomic E-state index is 0.0379. The van der Waals surface area contributed by atoms with Gasteiger partial charge in [0.05, 0.1) is 52.9 Å². The molecule has 5 N–H and O–H groups in total. The Morgan fingerprint density at radius 2 is 0.908 bits per heavy atom. The predicted octanol–water partition coefficient (Wildman–Crippen LogP) is 12.1. The zero-order chi connectivity index (χ0) is 48.1. The van der Waals surface area contributed by atoms with E-state index < -0.39 is 48.0 Å². The van der Waals surface area contributed by atoms with Gasteiger partial charge in [-0.25, -0.2) is 34.4 Å². The van der Waals surface area contributed by atoms with Gasteiger partial charge in [0.1, 0.15) is 41.5 Å². The SMILES string of the molecule is N#Cc1cc(N)ccc1Cl.N#Cc1cc(S(=O)(=O)Cl)ccc1Cl.N#Cc1cc(S(=O)(=O)Nc2cc(-c3ccccc3)c(F)cc2F)ccc1Cl.Nc1cc(-c2ccccc2)c(F)cc1F. The van der Waals surface area contributed by atoms with Crippen molar-refractivity contribution in [2.45, 2.75) is 9.79 Å². The van der Waals surface area contributed by atoms with Crippen LogP contribution < -0.4 is 16.2 Å². The Morgan fingerprint density at radius 1 is 0.492 bits per heavy atom. The van der Waals surface area contributed by atoms with Crippen LogP contribution in [0.3, 0.4) is 0 Å². The molecule has 0 bridgehead atoms. The van der Waals surface area contributed by atoms with Gasteiger partial charge in [-0.2, -0.15) is 15.8 Å². The molecule has 0 amide bonds. The summed E-state index contributed by atoms with van der Waals surface area (Å²) in [6.45, 7) is 0. The van der Waals surface area contributed by atoms with E-state index in [9.17, 15) is 34.4 Å². The number of rotatable bonds is 6. The molecule has 0 saturated carbocycles. The summed E-state index contributed by atoms with van der Waals surface area (Å²) in [5.41, 5.74) is 12.9. The molecule has 0 aliphatic rings. The Bertz CT molecular complexity index is 3230. The molecule has 0 radical (unpaired) electrons. The highest BCUT2D eigenvalue weighted by Crippen LogP contribution is 2.31. The van der Waals surface area contributed by atoms with Gasteiger partial charge < -0.3 is 11.5 Å². The van der Waals surface area contributed by atoms with Crippen molar-refractivity contribution in [3.05, 3.63) is 195 Å². The van der Waals surface area contributed by atoms with E-state index in [4.69, 9.17) is 72.7 Å². The Morgan fingerprint density at radius 3 is 1.37 bits per heavy atom. The van der Waals surface area contributed by atoms with Crippen LogP contribution >= 0.6 is 45.5 Å². The summed E-state index contributed by atoms with van der Waals surface area (Å²) in [6.07, 6.45) is 0. The number of sulfonamides is 1. The molecule has 65 heavy (non-hydrogen) atoms. The topological polar surface area (TPSA) is 204 Å². The van der Waals surface area contributed by atoms with E-state index in [-0.39, 0.29) is 42.2 Å². The molecular formula is C45H28Cl4F4N6O4S2. The molecule has 0 spiro atoms. The van der Waals surface area contributed by atoms with Crippen LogP contribution in [0, 0.1) is 57.3 Å². The monoisotopic (exact) mass is 996 g/mol. The van der Waals surface area contributed by atoms with E-state index in [2.05, 4.69) is 4.72 Å². The summed E-state index contributed by atoms with van der Waals surface area (Å²) in [7, 11) is -2.95. The lowest BCUT2D eigenvalue weighted by Crippen LogP contribution is -2.14. The molecule has 0 unspecified atom stereocenters. The summed E-state index contributed by atoms with van der Waals surface area (Å²) in [4.78, 5) is -0.399. The van der Waals surface area contributed by atoms with Gasteiger partial charge in [-0.1, -0.05) is 95.5 Å². The van der Waals surface area contributed by atoms with Crippen molar-refractivity contribution in [3.8, 4) is 40.5 Å². The van der Waals surface area contributed by atoms with Crippen LogP contribution in [0.1, 0.15) is 16.7 Å². The van der Waals surface area contributed by atoms with Crippen LogP contribution in [0.25, 0.3) is 22.3 Å². The number of nitrogens with one attached hydrogen (secondary N) is 1. The molecule has 0 heterocycles. The molecule has 7 rings (SSSR count). The average Bonchev–Trinajstić information content (AvgIpc) is 3.27. The molecular weight excluding hydrogens is 970 g/mol. The first-order chi connectivity index (χ1) is 30.7. The summed E-state index contributed by atoms with van der Waals surface area (Å²) in [5.74, 6) is -3.22. The van der Waals surface area contributed by atoms with Crippen LogP contribution in [-0.4, -0.2) is 16.8 Å². The van der Waals surface area contributed by atoms with E-state index in [1.54, 1.807) is 84.9 Å². The Hall–Kier alpha value is -6.81. The van der Waals surface area contributed by atoms with Gasteiger partial charge in [0, 0.05) is 39.6 Å². The van der Waals surface area contributed by atoms with E-state index in [1.807, 2.05) is 12.1 Å². The second-order valence-electron chi connectivity index (χ2n) is 12.8. The number of benzene rings is 7. The van der Waals surface area contributed by atoms with Gasteiger partial charge in [0.15, 0.2) is 0 Å². The highest BCUT2D eigenvalue weighted by molar-refractivity contribution is 8.13. The third kappa shape index (κ3) is 14.1. The number of hydrogen-bond donors (Lipinski definition) is 3. The minimum Gasteiger partial charge on any atom is -0.399 e. The number of halogens is 8. The first-order valence-corrected chi connectivity index (χ1v) is 22.8. The number of nitrogens with zero attached hydrogens (tertiary/aromatic N) is 3.